The zero-order valence-electron chi connectivity index (χ0n) is 14.3. The highest BCUT2D eigenvalue weighted by Gasteiger charge is 2.38. The van der Waals surface area contributed by atoms with Crippen LogP contribution in [0.15, 0.2) is 18.2 Å². The molecule has 0 atom stereocenters. The Labute approximate surface area is 142 Å². The van der Waals surface area contributed by atoms with Crippen molar-refractivity contribution in [1.29, 1.82) is 0 Å². The highest BCUT2D eigenvalue weighted by atomic mass is 16.7. The van der Waals surface area contributed by atoms with Gasteiger partial charge in [-0.1, -0.05) is 13.8 Å². The molecule has 0 radical (unpaired) electrons. The first kappa shape index (κ1) is 16.6. The summed E-state index contributed by atoms with van der Waals surface area (Å²) in [5.74, 6) is 1.31. The highest BCUT2D eigenvalue weighted by molar-refractivity contribution is 5.96. The minimum absolute atomic E-state index is 0.0603. The number of fused-ring (bicyclic) bond motifs is 1. The van der Waals surface area contributed by atoms with Crippen LogP contribution >= 0.6 is 0 Å². The first-order valence-electron chi connectivity index (χ1n) is 8.61. The number of hydrogen-bond acceptors (Lipinski definition) is 4. The predicted octanol–water partition coefficient (Wildman–Crippen LogP) is 2.14. The molecule has 0 aromatic heterocycles. The van der Waals surface area contributed by atoms with Crippen LogP contribution in [0.1, 0.15) is 37.0 Å². The van der Waals surface area contributed by atoms with Crippen LogP contribution in [-0.4, -0.2) is 54.6 Å². The SMILES string of the molecule is CCCN(CCC)C(=O)C1CN(C(=O)c2ccc3c(c2)OCO3)C1. The summed E-state index contributed by atoms with van der Waals surface area (Å²) in [6, 6.07) is 5.20. The van der Waals surface area contributed by atoms with Crippen molar-refractivity contribution in [3.05, 3.63) is 23.8 Å². The van der Waals surface area contributed by atoms with E-state index in [1.165, 1.54) is 0 Å². The third-order valence-electron chi connectivity index (χ3n) is 4.44. The quantitative estimate of drug-likeness (QED) is 0.801. The van der Waals surface area contributed by atoms with Crippen molar-refractivity contribution in [2.75, 3.05) is 33.0 Å². The summed E-state index contributed by atoms with van der Waals surface area (Å²) < 4.78 is 10.6. The van der Waals surface area contributed by atoms with Crippen molar-refractivity contribution in [1.82, 2.24) is 9.80 Å². The molecule has 0 unspecified atom stereocenters. The van der Waals surface area contributed by atoms with E-state index < -0.39 is 0 Å². The lowest BCUT2D eigenvalue weighted by Gasteiger charge is -2.40. The van der Waals surface area contributed by atoms with Gasteiger partial charge in [0.2, 0.25) is 12.7 Å². The number of amides is 2. The standard InChI is InChI=1S/C18H24N2O4/c1-3-7-19(8-4-2)18(22)14-10-20(11-14)17(21)13-5-6-15-16(9-13)24-12-23-15/h5-6,9,14H,3-4,7-8,10-12H2,1-2H3. The number of carbonyl (C=O) groups excluding carboxylic acids is 2. The van der Waals surface area contributed by atoms with Crippen molar-refractivity contribution >= 4 is 11.8 Å². The van der Waals surface area contributed by atoms with E-state index in [0.717, 1.165) is 25.9 Å². The van der Waals surface area contributed by atoms with Gasteiger partial charge >= 0.3 is 0 Å². The molecule has 6 nitrogen and oxygen atoms in total. The lowest BCUT2D eigenvalue weighted by Crippen LogP contribution is -2.56. The van der Waals surface area contributed by atoms with Gasteiger partial charge in [0.15, 0.2) is 11.5 Å². The third kappa shape index (κ3) is 3.18. The molecule has 2 amide bonds. The van der Waals surface area contributed by atoms with Crippen LogP contribution in [0.2, 0.25) is 0 Å². The van der Waals surface area contributed by atoms with Gasteiger partial charge in [0, 0.05) is 31.7 Å². The number of carbonyl (C=O) groups is 2. The average molecular weight is 332 g/mol. The third-order valence-corrected chi connectivity index (χ3v) is 4.44. The van der Waals surface area contributed by atoms with Gasteiger partial charge in [-0.2, -0.15) is 0 Å². The first-order valence-corrected chi connectivity index (χ1v) is 8.61. The molecular formula is C18H24N2O4. The largest absolute Gasteiger partial charge is 0.454 e. The van der Waals surface area contributed by atoms with Crippen LogP contribution in [0.4, 0.5) is 0 Å². The Morgan fingerprint density at radius 1 is 1.12 bits per heavy atom. The van der Waals surface area contributed by atoms with E-state index in [9.17, 15) is 9.59 Å². The van der Waals surface area contributed by atoms with Crippen LogP contribution in [0.3, 0.4) is 0 Å². The van der Waals surface area contributed by atoms with E-state index in [-0.39, 0.29) is 24.5 Å². The Hall–Kier alpha value is -2.24. The molecule has 1 aromatic carbocycles. The van der Waals surface area contributed by atoms with E-state index in [1.54, 1.807) is 23.1 Å². The molecule has 2 aliphatic rings. The fourth-order valence-electron chi connectivity index (χ4n) is 3.14. The van der Waals surface area contributed by atoms with Crippen LogP contribution < -0.4 is 9.47 Å². The van der Waals surface area contributed by atoms with Gasteiger partial charge in [-0.25, -0.2) is 0 Å². The van der Waals surface area contributed by atoms with Gasteiger partial charge in [-0.05, 0) is 31.0 Å². The number of benzene rings is 1. The van der Waals surface area contributed by atoms with E-state index in [4.69, 9.17) is 9.47 Å². The molecule has 3 rings (SSSR count). The van der Waals surface area contributed by atoms with Gasteiger partial charge < -0.3 is 19.3 Å². The molecule has 1 fully saturated rings. The maximum Gasteiger partial charge on any atom is 0.254 e. The summed E-state index contributed by atoms with van der Waals surface area (Å²) >= 11 is 0. The molecule has 1 saturated heterocycles. The van der Waals surface area contributed by atoms with E-state index in [1.807, 2.05) is 4.90 Å². The first-order chi connectivity index (χ1) is 11.6. The minimum Gasteiger partial charge on any atom is -0.454 e. The van der Waals surface area contributed by atoms with Gasteiger partial charge in [-0.15, -0.1) is 0 Å². The zero-order valence-corrected chi connectivity index (χ0v) is 14.3. The van der Waals surface area contributed by atoms with Crippen molar-refractivity contribution in [3.8, 4) is 11.5 Å². The molecule has 130 valence electrons. The number of likely N-dealkylation sites (tertiary alicyclic amines) is 1. The monoisotopic (exact) mass is 332 g/mol. The number of rotatable bonds is 6. The molecule has 2 heterocycles. The minimum atomic E-state index is -0.0685. The van der Waals surface area contributed by atoms with E-state index >= 15 is 0 Å². The highest BCUT2D eigenvalue weighted by Crippen LogP contribution is 2.33. The fourth-order valence-corrected chi connectivity index (χ4v) is 3.14. The van der Waals surface area contributed by atoms with Gasteiger partial charge in [0.05, 0.1) is 5.92 Å². The average Bonchev–Trinajstić information content (AvgIpc) is 3.00. The van der Waals surface area contributed by atoms with Gasteiger partial charge in [0.25, 0.3) is 5.91 Å². The molecule has 0 aliphatic carbocycles. The van der Waals surface area contributed by atoms with Crippen molar-refractivity contribution in [2.24, 2.45) is 5.92 Å². The van der Waals surface area contributed by atoms with Crippen molar-refractivity contribution < 1.29 is 19.1 Å². The molecule has 0 saturated carbocycles. The van der Waals surface area contributed by atoms with Crippen LogP contribution in [0, 0.1) is 5.92 Å². The molecule has 2 aliphatic heterocycles. The second kappa shape index (κ2) is 7.11. The molecule has 0 N–H and O–H groups in total. The van der Waals surface area contributed by atoms with Crippen LogP contribution in [0.25, 0.3) is 0 Å². The second-order valence-corrected chi connectivity index (χ2v) is 6.30. The normalized spacial score (nSPS) is 16.0. The molecule has 0 spiro atoms. The zero-order chi connectivity index (χ0) is 17.1. The van der Waals surface area contributed by atoms with E-state index in [0.29, 0.717) is 30.2 Å². The predicted molar refractivity (Wildman–Crippen MR) is 89.1 cm³/mol. The molecule has 24 heavy (non-hydrogen) atoms. The number of hydrogen-bond donors (Lipinski definition) is 0. The maximum absolute atomic E-state index is 12.5. The molecule has 6 heteroatoms. The fraction of sp³-hybridized carbons (Fsp3) is 0.556. The lowest BCUT2D eigenvalue weighted by atomic mass is 9.96. The smallest absolute Gasteiger partial charge is 0.254 e. The summed E-state index contributed by atoms with van der Waals surface area (Å²) in [6.07, 6.45) is 1.91. The number of ether oxygens (including phenoxy) is 2. The Bertz CT molecular complexity index is 619. The Morgan fingerprint density at radius 3 is 2.46 bits per heavy atom. The van der Waals surface area contributed by atoms with Gasteiger partial charge in [-0.3, -0.25) is 9.59 Å². The summed E-state index contributed by atoms with van der Waals surface area (Å²) in [6.45, 7) is 6.92. The van der Waals surface area contributed by atoms with Crippen molar-refractivity contribution in [3.63, 3.8) is 0 Å². The molecule has 0 bridgehead atoms. The Morgan fingerprint density at radius 2 is 1.79 bits per heavy atom. The number of nitrogens with zero attached hydrogens (tertiary/aromatic N) is 2. The maximum atomic E-state index is 12.5. The lowest BCUT2D eigenvalue weighted by molar-refractivity contribution is -0.139. The summed E-state index contributed by atoms with van der Waals surface area (Å²) in [7, 11) is 0. The summed E-state index contributed by atoms with van der Waals surface area (Å²) in [5, 5.41) is 0. The topological polar surface area (TPSA) is 59.1 Å². The summed E-state index contributed by atoms with van der Waals surface area (Å²) in [5.41, 5.74) is 0.573. The van der Waals surface area contributed by atoms with Crippen LogP contribution in [0.5, 0.6) is 11.5 Å². The second-order valence-electron chi connectivity index (χ2n) is 6.30. The van der Waals surface area contributed by atoms with Crippen molar-refractivity contribution in [2.45, 2.75) is 26.7 Å². The Balaban J connectivity index is 1.57. The molecular weight excluding hydrogens is 308 g/mol. The van der Waals surface area contributed by atoms with Gasteiger partial charge in [0.1, 0.15) is 0 Å². The Kier molecular flexibility index (Phi) is 4.92. The van der Waals surface area contributed by atoms with E-state index in [2.05, 4.69) is 13.8 Å². The van der Waals surface area contributed by atoms with Crippen LogP contribution in [-0.2, 0) is 4.79 Å². The molecule has 1 aromatic rings. The summed E-state index contributed by atoms with van der Waals surface area (Å²) in [4.78, 5) is 28.7.